The number of anilines is 1. The minimum atomic E-state index is -0.762. The van der Waals surface area contributed by atoms with Crippen molar-refractivity contribution in [2.45, 2.75) is 44.0 Å². The van der Waals surface area contributed by atoms with Gasteiger partial charge < -0.3 is 9.64 Å². The Kier molecular flexibility index (Phi) is 7.87. The molecule has 2 heterocycles. The zero-order valence-electron chi connectivity index (χ0n) is 20.1. The van der Waals surface area contributed by atoms with Crippen molar-refractivity contribution in [3.8, 4) is 11.4 Å². The lowest BCUT2D eigenvalue weighted by atomic mass is 9.98. The van der Waals surface area contributed by atoms with Gasteiger partial charge in [-0.3, -0.25) is 4.79 Å². The van der Waals surface area contributed by atoms with E-state index in [1.165, 1.54) is 12.0 Å². The summed E-state index contributed by atoms with van der Waals surface area (Å²) in [6, 6.07) is 13.4. The van der Waals surface area contributed by atoms with Gasteiger partial charge in [0, 0.05) is 38.0 Å². The Labute approximate surface area is 214 Å². The number of rotatable bonds is 7. The average molecular weight is 513 g/mol. The van der Waals surface area contributed by atoms with Crippen molar-refractivity contribution in [2.75, 3.05) is 31.1 Å². The molecule has 1 aromatic heterocycles. The topological polar surface area (TPSA) is 50.6 Å². The molecule has 1 aliphatic heterocycles. The Bertz CT molecular complexity index is 1210. The lowest BCUT2D eigenvalue weighted by molar-refractivity contribution is 0.152. The number of aromatic nitrogens is 2. The molecule has 36 heavy (non-hydrogen) atoms. The van der Waals surface area contributed by atoms with Gasteiger partial charge in [-0.05, 0) is 43.4 Å². The molecule has 2 aliphatic rings. The first-order valence-electron chi connectivity index (χ1n) is 12.5. The summed E-state index contributed by atoms with van der Waals surface area (Å²) in [5.74, 6) is -0.395. The number of hydrogen-bond donors (Lipinski definition) is 0. The fraction of sp³-hybridized carbons (Fsp3) is 0.407. The number of piperazine rings is 1. The van der Waals surface area contributed by atoms with Crippen LogP contribution in [0, 0.1) is 11.6 Å². The zero-order valence-corrected chi connectivity index (χ0v) is 20.9. The fourth-order valence-electron chi connectivity index (χ4n) is 4.76. The molecule has 1 aliphatic carbocycles. The summed E-state index contributed by atoms with van der Waals surface area (Å²) in [5, 5.41) is 4.29. The Morgan fingerprint density at radius 2 is 1.64 bits per heavy atom. The van der Waals surface area contributed by atoms with Crippen LogP contribution >= 0.6 is 11.9 Å². The van der Waals surface area contributed by atoms with Gasteiger partial charge in [0.1, 0.15) is 17.3 Å². The number of benzene rings is 2. The molecule has 0 unspecified atom stereocenters. The van der Waals surface area contributed by atoms with Crippen molar-refractivity contribution >= 4 is 17.6 Å². The maximum atomic E-state index is 13.9. The highest BCUT2D eigenvalue weighted by molar-refractivity contribution is 7.96. The molecule has 0 amide bonds. The Morgan fingerprint density at radius 3 is 2.33 bits per heavy atom. The van der Waals surface area contributed by atoms with Crippen LogP contribution in [0.2, 0.25) is 0 Å². The average Bonchev–Trinajstić information content (AvgIpc) is 2.89. The third-order valence-corrected chi connectivity index (χ3v) is 7.87. The summed E-state index contributed by atoms with van der Waals surface area (Å²) in [6.45, 7) is 3.11. The van der Waals surface area contributed by atoms with Gasteiger partial charge >= 0.3 is 5.56 Å². The maximum Gasteiger partial charge on any atom is 0.316 e. The van der Waals surface area contributed by atoms with Crippen molar-refractivity contribution in [3.05, 3.63) is 82.3 Å². The smallest absolute Gasteiger partial charge is 0.316 e. The Morgan fingerprint density at radius 1 is 0.944 bits per heavy atom. The second-order valence-corrected chi connectivity index (χ2v) is 10.3. The Hall–Kier alpha value is -2.91. The van der Waals surface area contributed by atoms with Crippen LogP contribution in [-0.4, -0.2) is 46.4 Å². The quantitative estimate of drug-likeness (QED) is 0.406. The van der Waals surface area contributed by atoms with Gasteiger partial charge in [-0.15, -0.1) is 0 Å². The molecule has 190 valence electrons. The summed E-state index contributed by atoms with van der Waals surface area (Å²) in [6.07, 6.45) is 6.61. The second kappa shape index (κ2) is 11.4. The van der Waals surface area contributed by atoms with Crippen molar-refractivity contribution in [3.63, 3.8) is 0 Å². The monoisotopic (exact) mass is 512 g/mol. The largest absolute Gasteiger partial charge is 0.483 e. The molecule has 0 radical (unpaired) electrons. The van der Waals surface area contributed by atoms with Gasteiger partial charge in [-0.1, -0.05) is 48.7 Å². The van der Waals surface area contributed by atoms with E-state index in [9.17, 15) is 13.6 Å². The number of halogens is 2. The zero-order chi connectivity index (χ0) is 24.9. The van der Waals surface area contributed by atoms with E-state index in [4.69, 9.17) is 4.74 Å². The van der Waals surface area contributed by atoms with Gasteiger partial charge in [0.2, 0.25) is 5.75 Å². The normalized spacial score (nSPS) is 17.3. The predicted octanol–water partition coefficient (Wildman–Crippen LogP) is 5.19. The van der Waals surface area contributed by atoms with Gasteiger partial charge in [0.05, 0.1) is 18.0 Å². The van der Waals surface area contributed by atoms with Crippen LogP contribution in [0.1, 0.15) is 37.7 Å². The molecule has 0 spiro atoms. The highest BCUT2D eigenvalue weighted by atomic mass is 32.2. The number of hydrogen-bond acceptors (Lipinski definition) is 6. The molecule has 1 saturated heterocycles. The lowest BCUT2D eigenvalue weighted by Gasteiger charge is -2.36. The van der Waals surface area contributed by atoms with E-state index in [1.807, 2.05) is 18.0 Å². The summed E-state index contributed by atoms with van der Waals surface area (Å²) >= 11 is 1.81. The van der Waals surface area contributed by atoms with E-state index in [0.717, 1.165) is 80.5 Å². The molecule has 1 saturated carbocycles. The molecule has 5 rings (SSSR count). The van der Waals surface area contributed by atoms with Crippen molar-refractivity contribution in [2.24, 2.45) is 0 Å². The Balaban J connectivity index is 1.36. The molecule has 0 bridgehead atoms. The molecule has 3 aromatic rings. The number of ether oxygens (including phenoxy) is 1. The van der Waals surface area contributed by atoms with E-state index in [2.05, 4.69) is 38.6 Å². The van der Waals surface area contributed by atoms with E-state index in [-0.39, 0.29) is 17.5 Å². The maximum absolute atomic E-state index is 13.9. The summed E-state index contributed by atoms with van der Waals surface area (Å²) in [5.41, 5.74) is 1.48. The van der Waals surface area contributed by atoms with E-state index in [1.54, 1.807) is 6.20 Å². The lowest BCUT2D eigenvalue weighted by Crippen LogP contribution is -2.44. The van der Waals surface area contributed by atoms with Crippen LogP contribution in [0.25, 0.3) is 5.69 Å². The third-order valence-electron chi connectivity index (χ3n) is 6.68. The van der Waals surface area contributed by atoms with Crippen LogP contribution in [0.15, 0.2) is 59.5 Å². The molecule has 0 N–H and O–H groups in total. The van der Waals surface area contributed by atoms with Crippen LogP contribution in [0.5, 0.6) is 5.75 Å². The van der Waals surface area contributed by atoms with Crippen LogP contribution < -0.4 is 15.2 Å². The van der Waals surface area contributed by atoms with Crippen molar-refractivity contribution in [1.29, 1.82) is 0 Å². The molecule has 6 nitrogen and oxygen atoms in total. The first kappa shape index (κ1) is 24.8. The summed E-state index contributed by atoms with van der Waals surface area (Å²) < 4.78 is 37.4. The van der Waals surface area contributed by atoms with Crippen molar-refractivity contribution in [1.82, 2.24) is 14.1 Å². The van der Waals surface area contributed by atoms with Gasteiger partial charge in [0.15, 0.2) is 0 Å². The SMILES string of the molecule is O=c1c(OC2CCCCC2)c(N2CCN(SCc3ccccc3)CC2)cnn1-c1cc(F)cc(F)c1. The molecule has 2 fully saturated rings. The third kappa shape index (κ3) is 5.90. The van der Waals surface area contributed by atoms with Gasteiger partial charge in [0.25, 0.3) is 0 Å². The fourth-order valence-corrected chi connectivity index (χ4v) is 5.70. The molecular weight excluding hydrogens is 482 g/mol. The molecule has 2 aromatic carbocycles. The minimum absolute atomic E-state index is 0.0414. The predicted molar refractivity (Wildman–Crippen MR) is 139 cm³/mol. The van der Waals surface area contributed by atoms with Gasteiger partial charge in [-0.25, -0.2) is 13.1 Å². The van der Waals surface area contributed by atoms with Crippen molar-refractivity contribution < 1.29 is 13.5 Å². The van der Waals surface area contributed by atoms with Crippen LogP contribution in [-0.2, 0) is 5.75 Å². The number of nitrogens with zero attached hydrogens (tertiary/aromatic N) is 4. The molecule has 9 heteroatoms. The molecular formula is C27H30F2N4O2S. The van der Waals surface area contributed by atoms with Crippen LogP contribution in [0.3, 0.4) is 0 Å². The highest BCUT2D eigenvalue weighted by Gasteiger charge is 2.26. The van der Waals surface area contributed by atoms with E-state index >= 15 is 0 Å². The minimum Gasteiger partial charge on any atom is -0.483 e. The molecule has 0 atom stereocenters. The summed E-state index contributed by atoms with van der Waals surface area (Å²) in [4.78, 5) is 15.7. The van der Waals surface area contributed by atoms with Crippen LogP contribution in [0.4, 0.5) is 14.5 Å². The van der Waals surface area contributed by atoms with E-state index in [0.29, 0.717) is 5.69 Å². The highest BCUT2D eigenvalue weighted by Crippen LogP contribution is 2.31. The van der Waals surface area contributed by atoms with Gasteiger partial charge in [-0.2, -0.15) is 9.78 Å². The first-order chi connectivity index (χ1) is 17.6. The van der Waals surface area contributed by atoms with E-state index < -0.39 is 17.2 Å². The first-order valence-corrected chi connectivity index (χ1v) is 13.4. The second-order valence-electron chi connectivity index (χ2n) is 9.26. The summed E-state index contributed by atoms with van der Waals surface area (Å²) in [7, 11) is 0. The standard InChI is InChI=1S/C27H30F2N4O2S/c28-21-15-22(29)17-23(16-21)33-27(34)26(35-24-9-5-2-6-10-24)25(18-30-33)31-11-13-32(14-12-31)36-19-20-7-3-1-4-8-20/h1,3-4,7-8,15-18,24H,2,5-6,9-14,19H2.